The lowest BCUT2D eigenvalue weighted by Crippen LogP contribution is -2.44. The second kappa shape index (κ2) is 8.81. The van der Waals surface area contributed by atoms with Crippen LogP contribution < -0.4 is 5.73 Å². The summed E-state index contributed by atoms with van der Waals surface area (Å²) in [7, 11) is -3.97. The molecule has 4 N–H and O–H groups in total. The van der Waals surface area contributed by atoms with Crippen molar-refractivity contribution in [3.05, 3.63) is 47.5 Å². The highest BCUT2D eigenvalue weighted by Crippen LogP contribution is 2.57. The zero-order valence-corrected chi connectivity index (χ0v) is 19.7. The van der Waals surface area contributed by atoms with Crippen molar-refractivity contribution < 1.29 is 33.1 Å². The summed E-state index contributed by atoms with van der Waals surface area (Å²) in [6, 6.07) is 7.03. The Hall–Kier alpha value is -2.15. The number of nitrogen functional groups attached to an aromatic ring is 1. The number of aliphatic hydroxyl groups excluding tert-OH is 1. The molecule has 3 aromatic rings. The molecule has 4 heterocycles. The number of aliphatic hydroxyl groups is 2. The summed E-state index contributed by atoms with van der Waals surface area (Å²) >= 11 is 6.05. The van der Waals surface area contributed by atoms with Gasteiger partial charge in [0.05, 0.1) is 25.6 Å². The van der Waals surface area contributed by atoms with Crippen LogP contribution in [0.3, 0.4) is 0 Å². The molecule has 6 atom stereocenters. The summed E-state index contributed by atoms with van der Waals surface area (Å²) in [5, 5.41) is 22.3. The highest BCUT2D eigenvalue weighted by atomic mass is 35.5. The van der Waals surface area contributed by atoms with Crippen LogP contribution in [0.1, 0.15) is 31.2 Å². The number of nitrogens with zero attached hydrogens (tertiary/aromatic N) is 4. The molecule has 182 valence electrons. The maximum atomic E-state index is 13.1. The number of nitrogens with two attached hydrogens (primary N) is 1. The summed E-state index contributed by atoms with van der Waals surface area (Å²) in [4.78, 5) is 12.2. The number of benzene rings is 1. The van der Waals surface area contributed by atoms with Crippen LogP contribution in [-0.4, -0.2) is 60.8 Å². The Morgan fingerprint density at radius 1 is 1.38 bits per heavy atom. The molecule has 0 aliphatic carbocycles. The quantitative estimate of drug-likeness (QED) is 0.430. The van der Waals surface area contributed by atoms with E-state index < -0.39 is 38.0 Å². The van der Waals surface area contributed by atoms with Gasteiger partial charge in [-0.25, -0.2) is 19.5 Å². The molecule has 2 aliphatic rings. The number of hydrogen-bond acceptors (Lipinski definition) is 11. The Balaban J connectivity index is 1.31. The number of hydrogen-bond donors (Lipinski definition) is 3. The number of phosphoric ester groups is 1. The molecule has 0 radical (unpaired) electrons. The predicted molar refractivity (Wildman–Crippen MR) is 120 cm³/mol. The molecular weight excluding hydrogens is 489 g/mol. The Morgan fingerprint density at radius 2 is 2.21 bits per heavy atom. The van der Waals surface area contributed by atoms with E-state index in [0.29, 0.717) is 22.6 Å². The molecule has 2 fully saturated rings. The Bertz CT molecular complexity index is 1260. The third-order valence-electron chi connectivity index (χ3n) is 5.90. The van der Waals surface area contributed by atoms with E-state index in [1.165, 1.54) is 24.1 Å². The van der Waals surface area contributed by atoms with Gasteiger partial charge in [-0.2, -0.15) is 0 Å². The van der Waals surface area contributed by atoms with Crippen LogP contribution in [0.15, 0.2) is 36.9 Å². The van der Waals surface area contributed by atoms with Crippen molar-refractivity contribution in [2.24, 2.45) is 0 Å². The lowest BCUT2D eigenvalue weighted by atomic mass is 9.96. The number of halogens is 1. The standard InChI is InChI=1S/C20H23ClN5O7P/c1-20(28)16(27)14(32-19(20)26-10-25-15-17(22)23-9-24-18(15)26)8-31-34(29)30-6-5-13(33-34)11-3-2-4-12(21)7-11/h2-4,7,9-10,13-14,16,19,27-28H,5-6,8H2,1H3,(H2,22,23,24)/t13-,14?,16-,19-,20-,34-/m1/s1. The molecule has 2 saturated heterocycles. The molecule has 1 unspecified atom stereocenters. The normalized spacial score (nSPS) is 34.0. The average molecular weight is 512 g/mol. The minimum Gasteiger partial charge on any atom is -0.387 e. The molecular formula is C20H23ClN5O7P. The first-order valence-corrected chi connectivity index (χ1v) is 12.3. The zero-order chi connectivity index (χ0) is 24.1. The van der Waals surface area contributed by atoms with Gasteiger partial charge < -0.3 is 20.7 Å². The van der Waals surface area contributed by atoms with Gasteiger partial charge >= 0.3 is 7.82 Å². The van der Waals surface area contributed by atoms with E-state index in [9.17, 15) is 14.8 Å². The van der Waals surface area contributed by atoms with Crippen molar-refractivity contribution in [2.75, 3.05) is 18.9 Å². The first kappa shape index (κ1) is 23.6. The number of imidazole rings is 1. The van der Waals surface area contributed by atoms with Gasteiger partial charge in [0.2, 0.25) is 0 Å². The summed E-state index contributed by atoms with van der Waals surface area (Å²) in [5.41, 5.74) is 5.47. The zero-order valence-electron chi connectivity index (χ0n) is 18.0. The Kier molecular flexibility index (Phi) is 6.11. The molecule has 0 spiro atoms. The van der Waals surface area contributed by atoms with Crippen LogP contribution in [0.25, 0.3) is 11.2 Å². The minimum absolute atomic E-state index is 0.144. The van der Waals surface area contributed by atoms with Crippen molar-refractivity contribution >= 4 is 36.4 Å². The fraction of sp³-hybridized carbons (Fsp3) is 0.450. The number of anilines is 1. The van der Waals surface area contributed by atoms with Gasteiger partial charge in [0.25, 0.3) is 0 Å². The van der Waals surface area contributed by atoms with Crippen molar-refractivity contribution in [1.29, 1.82) is 0 Å². The molecule has 34 heavy (non-hydrogen) atoms. The topological polar surface area (TPSA) is 164 Å². The van der Waals surface area contributed by atoms with E-state index in [1.807, 2.05) is 6.07 Å². The van der Waals surface area contributed by atoms with Crippen molar-refractivity contribution in [2.45, 2.75) is 43.5 Å². The number of ether oxygens (including phenoxy) is 1. The molecule has 1 aromatic carbocycles. The fourth-order valence-electron chi connectivity index (χ4n) is 4.10. The van der Waals surface area contributed by atoms with Crippen LogP contribution >= 0.6 is 19.4 Å². The summed E-state index contributed by atoms with van der Waals surface area (Å²) < 4.78 is 36.9. The maximum absolute atomic E-state index is 13.1. The van der Waals surface area contributed by atoms with Gasteiger partial charge in [-0.3, -0.25) is 18.1 Å². The van der Waals surface area contributed by atoms with Gasteiger partial charge in [0, 0.05) is 11.4 Å². The lowest BCUT2D eigenvalue weighted by Gasteiger charge is -2.30. The first-order valence-electron chi connectivity index (χ1n) is 10.5. The number of phosphoric acid groups is 1. The average Bonchev–Trinajstić information content (AvgIpc) is 3.32. The van der Waals surface area contributed by atoms with Crippen LogP contribution in [-0.2, 0) is 22.9 Å². The van der Waals surface area contributed by atoms with Gasteiger partial charge in [0.1, 0.15) is 29.7 Å². The molecule has 5 rings (SSSR count). The molecule has 0 saturated carbocycles. The maximum Gasteiger partial charge on any atom is 0.475 e. The van der Waals surface area contributed by atoms with Crippen LogP contribution in [0, 0.1) is 0 Å². The molecule has 14 heteroatoms. The number of rotatable bonds is 5. The SMILES string of the molecule is C[C@@]1(O)[C@H](O)C(CO[P@@]2(=O)OCC[C@H](c3cccc(Cl)c3)O2)O[C@H]1n1cnc2c(N)ncnc21. The third kappa shape index (κ3) is 4.21. The summed E-state index contributed by atoms with van der Waals surface area (Å²) in [6.45, 7) is 1.19. The van der Waals surface area contributed by atoms with Crippen LogP contribution in [0.4, 0.5) is 5.82 Å². The fourth-order valence-corrected chi connectivity index (χ4v) is 5.69. The highest BCUT2D eigenvalue weighted by Gasteiger charge is 2.54. The molecule has 2 aromatic heterocycles. The number of fused-ring (bicyclic) bond motifs is 1. The monoisotopic (exact) mass is 511 g/mol. The van der Waals surface area contributed by atoms with E-state index in [-0.39, 0.29) is 19.0 Å². The number of aromatic nitrogens is 4. The summed E-state index contributed by atoms with van der Waals surface area (Å²) in [6.07, 6.45) is -0.956. The van der Waals surface area contributed by atoms with Gasteiger partial charge in [0.15, 0.2) is 17.7 Å². The molecule has 12 nitrogen and oxygen atoms in total. The second-order valence-corrected chi connectivity index (χ2v) is 10.4. The van der Waals surface area contributed by atoms with Gasteiger partial charge in [-0.05, 0) is 24.6 Å². The highest BCUT2D eigenvalue weighted by molar-refractivity contribution is 7.48. The van der Waals surface area contributed by atoms with Gasteiger partial charge in [-0.1, -0.05) is 23.7 Å². The Morgan fingerprint density at radius 3 is 3.00 bits per heavy atom. The van der Waals surface area contributed by atoms with Gasteiger partial charge in [-0.15, -0.1) is 0 Å². The smallest absolute Gasteiger partial charge is 0.387 e. The molecule has 0 amide bonds. The van der Waals surface area contributed by atoms with Crippen molar-refractivity contribution in [3.63, 3.8) is 0 Å². The van der Waals surface area contributed by atoms with Crippen LogP contribution in [0.5, 0.6) is 0 Å². The van der Waals surface area contributed by atoms with Crippen LogP contribution in [0.2, 0.25) is 5.02 Å². The summed E-state index contributed by atoms with van der Waals surface area (Å²) in [5.74, 6) is 0.167. The molecule has 2 aliphatic heterocycles. The van der Waals surface area contributed by atoms with E-state index >= 15 is 0 Å². The van der Waals surface area contributed by atoms with E-state index in [4.69, 9.17) is 35.6 Å². The lowest BCUT2D eigenvalue weighted by molar-refractivity contribution is -0.0953. The largest absolute Gasteiger partial charge is 0.475 e. The van der Waals surface area contributed by atoms with E-state index in [0.717, 1.165) is 5.56 Å². The van der Waals surface area contributed by atoms with E-state index in [1.54, 1.807) is 18.2 Å². The first-order chi connectivity index (χ1) is 16.2. The second-order valence-electron chi connectivity index (χ2n) is 8.29. The molecule has 0 bridgehead atoms. The minimum atomic E-state index is -3.97. The van der Waals surface area contributed by atoms with Crippen molar-refractivity contribution in [1.82, 2.24) is 19.5 Å². The van der Waals surface area contributed by atoms with E-state index in [2.05, 4.69) is 15.0 Å². The van der Waals surface area contributed by atoms with Crippen molar-refractivity contribution in [3.8, 4) is 0 Å². The third-order valence-corrected chi connectivity index (χ3v) is 7.61. The predicted octanol–water partition coefficient (Wildman–Crippen LogP) is 2.37. The Labute approximate surface area is 199 Å².